The van der Waals surface area contributed by atoms with E-state index in [9.17, 15) is 15.3 Å². The zero-order valence-corrected chi connectivity index (χ0v) is 18.3. The summed E-state index contributed by atoms with van der Waals surface area (Å²) in [4.78, 5) is 1.11. The Kier molecular flexibility index (Phi) is 9.11. The van der Waals surface area contributed by atoms with Crippen molar-refractivity contribution in [3.05, 3.63) is 69.4 Å². The first-order chi connectivity index (χ1) is 14.0. The molecular formula is C24H32O4S. The van der Waals surface area contributed by atoms with Crippen molar-refractivity contribution in [1.82, 2.24) is 0 Å². The van der Waals surface area contributed by atoms with Crippen molar-refractivity contribution in [3.63, 3.8) is 0 Å². The number of allylic oxidation sites excluding steroid dienone is 3. The lowest BCUT2D eigenvalue weighted by atomic mass is 9.96. The highest BCUT2D eigenvalue weighted by Crippen LogP contribution is 2.27. The van der Waals surface area contributed by atoms with E-state index in [0.717, 1.165) is 11.3 Å². The van der Waals surface area contributed by atoms with Crippen LogP contribution in [0.2, 0.25) is 0 Å². The van der Waals surface area contributed by atoms with E-state index >= 15 is 0 Å². The summed E-state index contributed by atoms with van der Waals surface area (Å²) in [5.41, 5.74) is 3.04. The molecule has 0 aliphatic rings. The number of benzene rings is 1. The van der Waals surface area contributed by atoms with Gasteiger partial charge in [-0.05, 0) is 65.1 Å². The Morgan fingerprint density at radius 1 is 1.07 bits per heavy atom. The van der Waals surface area contributed by atoms with Crippen LogP contribution in [0.5, 0.6) is 5.75 Å². The first-order valence-electron chi connectivity index (χ1n) is 10.1. The number of thiophene rings is 1. The van der Waals surface area contributed by atoms with Crippen LogP contribution in [0.15, 0.2) is 47.9 Å². The van der Waals surface area contributed by atoms with E-state index in [1.807, 2.05) is 32.1 Å². The Bertz CT molecular complexity index is 831. The van der Waals surface area contributed by atoms with Crippen molar-refractivity contribution in [2.75, 3.05) is 0 Å². The molecule has 0 fully saturated rings. The van der Waals surface area contributed by atoms with Gasteiger partial charge in [0.15, 0.2) is 0 Å². The molecule has 0 unspecified atom stereocenters. The van der Waals surface area contributed by atoms with Gasteiger partial charge in [0.1, 0.15) is 12.4 Å². The zero-order valence-electron chi connectivity index (χ0n) is 17.5. The van der Waals surface area contributed by atoms with Crippen LogP contribution in [0, 0.1) is 0 Å². The Labute approximate surface area is 177 Å². The van der Waals surface area contributed by atoms with Gasteiger partial charge in [0.05, 0.1) is 18.8 Å². The number of hydrogen-bond donors (Lipinski definition) is 3. The Morgan fingerprint density at radius 2 is 1.79 bits per heavy atom. The molecule has 0 bridgehead atoms. The molecule has 0 saturated heterocycles. The quantitative estimate of drug-likeness (QED) is 0.440. The summed E-state index contributed by atoms with van der Waals surface area (Å²) in [6, 6.07) is 7.49. The summed E-state index contributed by atoms with van der Waals surface area (Å²) in [7, 11) is 0. The highest BCUT2D eigenvalue weighted by Gasteiger charge is 2.16. The second-order valence-electron chi connectivity index (χ2n) is 7.05. The lowest BCUT2D eigenvalue weighted by Crippen LogP contribution is -2.22. The summed E-state index contributed by atoms with van der Waals surface area (Å²) >= 11 is 1.65. The minimum Gasteiger partial charge on any atom is -0.488 e. The molecule has 0 aliphatic carbocycles. The van der Waals surface area contributed by atoms with E-state index in [2.05, 4.69) is 24.4 Å². The Hall–Kier alpha value is -1.92. The van der Waals surface area contributed by atoms with E-state index in [1.54, 1.807) is 23.5 Å². The van der Waals surface area contributed by atoms with Gasteiger partial charge in [-0.1, -0.05) is 45.1 Å². The fourth-order valence-electron chi connectivity index (χ4n) is 3.02. The highest BCUT2D eigenvalue weighted by molar-refractivity contribution is 7.10. The maximum atomic E-state index is 10.4. The first-order valence-corrected chi connectivity index (χ1v) is 11.0. The van der Waals surface area contributed by atoms with E-state index in [1.165, 1.54) is 11.1 Å². The fraction of sp³-hybridized carbons (Fsp3) is 0.417. The lowest BCUT2D eigenvalue weighted by molar-refractivity contribution is 0.0828. The molecule has 0 amide bonds. The molecule has 4 nitrogen and oxygen atoms in total. The van der Waals surface area contributed by atoms with Crippen molar-refractivity contribution in [2.45, 2.75) is 65.5 Å². The van der Waals surface area contributed by atoms with Crippen molar-refractivity contribution in [1.29, 1.82) is 0 Å². The third-order valence-electron chi connectivity index (χ3n) is 5.23. The zero-order chi connectivity index (χ0) is 21.3. The average molecular weight is 417 g/mol. The molecular weight excluding hydrogens is 384 g/mol. The fourth-order valence-corrected chi connectivity index (χ4v) is 3.84. The highest BCUT2D eigenvalue weighted by atomic mass is 32.1. The van der Waals surface area contributed by atoms with Crippen LogP contribution in [0.4, 0.5) is 0 Å². The number of aliphatic hydroxyl groups excluding tert-OH is 2. The smallest absolute Gasteiger partial charge is 0.122 e. The van der Waals surface area contributed by atoms with Crippen LogP contribution < -0.4 is 4.74 Å². The van der Waals surface area contributed by atoms with Gasteiger partial charge in [-0.15, -0.1) is 11.3 Å². The molecule has 2 aromatic rings. The van der Waals surface area contributed by atoms with Crippen LogP contribution in [-0.4, -0.2) is 20.9 Å². The molecule has 158 valence electrons. The summed E-state index contributed by atoms with van der Waals surface area (Å²) in [6.45, 7) is 6.33. The molecule has 1 aromatic carbocycles. The van der Waals surface area contributed by atoms with Crippen molar-refractivity contribution < 1.29 is 20.1 Å². The monoisotopic (exact) mass is 416 g/mol. The Balaban J connectivity index is 2.05. The molecule has 0 atom stereocenters. The van der Waals surface area contributed by atoms with Crippen LogP contribution >= 0.6 is 11.3 Å². The number of hydrogen-bond acceptors (Lipinski definition) is 5. The average Bonchev–Trinajstić information content (AvgIpc) is 3.23. The van der Waals surface area contributed by atoms with E-state index in [4.69, 9.17) is 4.74 Å². The van der Waals surface area contributed by atoms with Crippen molar-refractivity contribution >= 4 is 16.9 Å². The van der Waals surface area contributed by atoms with Crippen LogP contribution in [0.25, 0.3) is 5.57 Å². The summed E-state index contributed by atoms with van der Waals surface area (Å²) in [5.74, 6) is 0.675. The minimum atomic E-state index is -0.734. The predicted molar refractivity (Wildman–Crippen MR) is 120 cm³/mol. The molecule has 0 radical (unpaired) electrons. The maximum absolute atomic E-state index is 10.4. The number of rotatable bonds is 11. The normalized spacial score (nSPS) is 12.7. The van der Waals surface area contributed by atoms with Crippen molar-refractivity contribution in [2.24, 2.45) is 0 Å². The Morgan fingerprint density at radius 3 is 2.41 bits per heavy atom. The maximum Gasteiger partial charge on any atom is 0.122 e. The van der Waals surface area contributed by atoms with Crippen molar-refractivity contribution in [3.8, 4) is 5.75 Å². The van der Waals surface area contributed by atoms with Gasteiger partial charge >= 0.3 is 0 Å². The van der Waals surface area contributed by atoms with E-state index in [0.29, 0.717) is 36.3 Å². The third kappa shape index (κ3) is 6.54. The second kappa shape index (κ2) is 11.3. The molecule has 0 spiro atoms. The molecule has 1 heterocycles. The van der Waals surface area contributed by atoms with Crippen LogP contribution in [-0.2, 0) is 19.8 Å². The van der Waals surface area contributed by atoms with Crippen LogP contribution in [0.3, 0.4) is 0 Å². The van der Waals surface area contributed by atoms with Gasteiger partial charge < -0.3 is 20.1 Å². The molecule has 5 heteroatoms. The number of ether oxygens (including phenoxy) is 1. The molecule has 2 rings (SSSR count). The lowest BCUT2D eigenvalue weighted by Gasteiger charge is -2.19. The van der Waals surface area contributed by atoms with Gasteiger partial charge in [0, 0.05) is 4.88 Å². The van der Waals surface area contributed by atoms with Gasteiger partial charge in [-0.25, -0.2) is 0 Å². The standard InChI is InChI=1S/C24H32O4S/c1-4-18(8-7-11-24(27,5-2)6-3)21-13-23(29-17-21)16-28-22-10-9-19(14-25)20(12-22)15-26/h7-13,17,25-27H,4-6,14-16H2,1-3H3/b11-7+,18-8-. The van der Waals surface area contributed by atoms with Gasteiger partial charge in [-0.2, -0.15) is 0 Å². The largest absolute Gasteiger partial charge is 0.488 e. The van der Waals surface area contributed by atoms with Crippen LogP contribution in [0.1, 0.15) is 61.6 Å². The van der Waals surface area contributed by atoms with E-state index < -0.39 is 5.60 Å². The van der Waals surface area contributed by atoms with Gasteiger partial charge in [0.25, 0.3) is 0 Å². The first kappa shape index (κ1) is 23.4. The molecule has 29 heavy (non-hydrogen) atoms. The second-order valence-corrected chi connectivity index (χ2v) is 8.05. The molecule has 1 aromatic heterocycles. The summed E-state index contributed by atoms with van der Waals surface area (Å²) in [6.07, 6.45) is 8.22. The topological polar surface area (TPSA) is 69.9 Å². The predicted octanol–water partition coefficient (Wildman–Crippen LogP) is 5.21. The number of aliphatic hydroxyl groups is 3. The minimum absolute atomic E-state index is 0.0983. The molecule has 0 aliphatic heterocycles. The van der Waals surface area contributed by atoms with E-state index in [-0.39, 0.29) is 13.2 Å². The van der Waals surface area contributed by atoms with Gasteiger partial charge in [0.2, 0.25) is 0 Å². The summed E-state index contributed by atoms with van der Waals surface area (Å²) < 4.78 is 5.87. The SMILES string of the molecule is CC/C(=C/C=C/C(O)(CC)CC)c1csc(COc2ccc(CO)c(CO)c2)c1. The third-order valence-corrected chi connectivity index (χ3v) is 6.14. The molecule has 3 N–H and O–H groups in total. The van der Waals surface area contributed by atoms with Gasteiger partial charge in [-0.3, -0.25) is 0 Å². The summed E-state index contributed by atoms with van der Waals surface area (Å²) in [5, 5.41) is 31.2. The molecule has 0 saturated carbocycles.